The Hall–Kier alpha value is -3.18. The molecule has 3 aromatic rings. The fourth-order valence-corrected chi connectivity index (χ4v) is 5.17. The van der Waals surface area contributed by atoms with Gasteiger partial charge in [-0.3, -0.25) is 22.9 Å². The summed E-state index contributed by atoms with van der Waals surface area (Å²) in [6.45, 7) is 9.53. The summed E-state index contributed by atoms with van der Waals surface area (Å²) in [7, 11) is -4.07. The van der Waals surface area contributed by atoms with Gasteiger partial charge >= 0.3 is 14.0 Å². The lowest BCUT2D eigenvalue weighted by Gasteiger charge is -2.30. The van der Waals surface area contributed by atoms with E-state index in [9.17, 15) is 26.9 Å². The van der Waals surface area contributed by atoms with Crippen LogP contribution in [0.5, 0.6) is 11.5 Å². The van der Waals surface area contributed by atoms with Crippen molar-refractivity contribution in [1.82, 2.24) is 4.57 Å². The molecule has 2 aromatic carbocycles. The minimum atomic E-state index is -4.59. The highest BCUT2D eigenvalue weighted by Gasteiger charge is 2.37. The van der Waals surface area contributed by atoms with Crippen LogP contribution in [-0.2, 0) is 37.6 Å². The zero-order valence-corrected chi connectivity index (χ0v) is 24.4. The molecule has 0 aliphatic carbocycles. The van der Waals surface area contributed by atoms with E-state index >= 15 is 0 Å². The first kappa shape index (κ1) is 32.3. The highest BCUT2D eigenvalue weighted by atomic mass is 31.2. The topological polar surface area (TPSA) is 88.0 Å². The molecule has 0 unspecified atom stereocenters. The minimum Gasteiger partial charge on any atom is -0.457 e. The molecule has 1 aromatic heterocycles. The Bertz CT molecular complexity index is 1420. The Morgan fingerprint density at radius 1 is 0.878 bits per heavy atom. The van der Waals surface area contributed by atoms with Crippen molar-refractivity contribution >= 4 is 13.5 Å². The Labute approximate surface area is 235 Å². The van der Waals surface area contributed by atoms with Crippen molar-refractivity contribution in [3.05, 3.63) is 88.1 Å². The molecule has 41 heavy (non-hydrogen) atoms. The zero-order chi connectivity index (χ0) is 30.6. The summed E-state index contributed by atoms with van der Waals surface area (Å²) in [5.74, 6) is -0.136. The maximum Gasteiger partial charge on any atom is 0.477 e. The second-order valence-corrected chi connectivity index (χ2v) is 12.6. The molecule has 1 N–H and O–H groups in total. The highest BCUT2D eigenvalue weighted by Crippen LogP contribution is 2.55. The van der Waals surface area contributed by atoms with Crippen molar-refractivity contribution in [2.75, 3.05) is 5.32 Å². The molecule has 8 nitrogen and oxygen atoms in total. The van der Waals surface area contributed by atoms with E-state index in [0.717, 1.165) is 16.7 Å². The van der Waals surface area contributed by atoms with E-state index in [2.05, 4.69) is 5.32 Å². The number of anilines is 1. The Morgan fingerprint density at radius 3 is 2.02 bits per heavy atom. The molecule has 0 spiro atoms. The van der Waals surface area contributed by atoms with Crippen LogP contribution in [0.1, 0.15) is 52.7 Å². The van der Waals surface area contributed by atoms with Crippen molar-refractivity contribution < 1.29 is 40.4 Å². The number of pyridine rings is 1. The predicted molar refractivity (Wildman–Crippen MR) is 146 cm³/mol. The van der Waals surface area contributed by atoms with Crippen LogP contribution in [0, 0.1) is 5.82 Å². The van der Waals surface area contributed by atoms with Crippen LogP contribution in [0.25, 0.3) is 0 Å². The molecule has 0 saturated carbocycles. The SMILES string of the molecule is CC(C)(C)OP(=O)(OCn1ccc(NCc2cc(C(F)(F)F)ccc2Oc2ccc(F)cc2)cc1=O)OC(C)(C)C. The maximum absolute atomic E-state index is 13.4. The number of phosphoric acid groups is 1. The number of nitrogens with one attached hydrogen (secondary N) is 1. The van der Waals surface area contributed by atoms with Gasteiger partial charge in [0.25, 0.3) is 5.56 Å². The first-order valence-corrected chi connectivity index (χ1v) is 14.0. The second-order valence-electron chi connectivity index (χ2n) is 11.1. The second kappa shape index (κ2) is 12.4. The summed E-state index contributed by atoms with van der Waals surface area (Å²) in [6.07, 6.45) is -3.22. The molecule has 0 bridgehead atoms. The third-order valence-electron chi connectivity index (χ3n) is 5.03. The monoisotopic (exact) mass is 600 g/mol. The molecule has 0 saturated heterocycles. The van der Waals surface area contributed by atoms with E-state index in [-0.39, 0.29) is 23.6 Å². The number of alkyl halides is 3. The van der Waals surface area contributed by atoms with Crippen LogP contribution in [0.4, 0.5) is 23.2 Å². The molecule has 0 fully saturated rings. The van der Waals surface area contributed by atoms with Crippen LogP contribution >= 0.6 is 7.82 Å². The fraction of sp³-hybridized carbons (Fsp3) is 0.393. The Morgan fingerprint density at radius 2 is 1.49 bits per heavy atom. The minimum absolute atomic E-state index is 0.118. The smallest absolute Gasteiger partial charge is 0.457 e. The average Bonchev–Trinajstić information content (AvgIpc) is 2.81. The van der Waals surface area contributed by atoms with Gasteiger partial charge in [0.05, 0.1) is 16.8 Å². The van der Waals surface area contributed by atoms with Crippen LogP contribution < -0.4 is 15.6 Å². The lowest BCUT2D eigenvalue weighted by Crippen LogP contribution is -2.26. The number of hydrogen-bond donors (Lipinski definition) is 1. The standard InChI is InChI=1S/C28H33F4N2O6P/c1-26(2,3)39-41(36,40-27(4,5)6)37-18-34-14-13-22(16-25(34)35)33-17-19-15-20(28(30,31)32)7-12-24(19)38-23-10-8-21(29)9-11-23/h7-16,33H,17-18H2,1-6H3. The summed E-state index contributed by atoms with van der Waals surface area (Å²) in [5, 5.41) is 2.91. The van der Waals surface area contributed by atoms with Gasteiger partial charge in [-0.15, -0.1) is 0 Å². The maximum atomic E-state index is 13.4. The lowest BCUT2D eigenvalue weighted by atomic mass is 10.1. The summed E-state index contributed by atoms with van der Waals surface area (Å²) >= 11 is 0. The van der Waals surface area contributed by atoms with Gasteiger partial charge < -0.3 is 10.1 Å². The van der Waals surface area contributed by atoms with E-state index in [1.807, 2.05) is 0 Å². The van der Waals surface area contributed by atoms with Gasteiger partial charge in [-0.1, -0.05) is 0 Å². The summed E-state index contributed by atoms with van der Waals surface area (Å²) in [4.78, 5) is 12.7. The number of halogens is 4. The van der Waals surface area contributed by atoms with Crippen molar-refractivity contribution in [1.29, 1.82) is 0 Å². The van der Waals surface area contributed by atoms with Gasteiger partial charge in [0.15, 0.2) is 0 Å². The van der Waals surface area contributed by atoms with Crippen LogP contribution in [0.15, 0.2) is 65.6 Å². The van der Waals surface area contributed by atoms with Crippen LogP contribution in [0.3, 0.4) is 0 Å². The van der Waals surface area contributed by atoms with Gasteiger partial charge in [-0.2, -0.15) is 13.2 Å². The fourth-order valence-electron chi connectivity index (χ4n) is 3.42. The van der Waals surface area contributed by atoms with Crippen molar-refractivity contribution in [3.63, 3.8) is 0 Å². The number of nitrogens with zero attached hydrogens (tertiary/aromatic N) is 1. The predicted octanol–water partition coefficient (Wildman–Crippen LogP) is 8.12. The molecule has 1 heterocycles. The Kier molecular flexibility index (Phi) is 9.75. The summed E-state index contributed by atoms with van der Waals surface area (Å²) in [5.41, 5.74) is -2.69. The molecule has 13 heteroatoms. The third-order valence-corrected chi connectivity index (χ3v) is 7.01. The molecule has 0 amide bonds. The van der Waals surface area contributed by atoms with E-state index in [1.165, 1.54) is 48.7 Å². The van der Waals surface area contributed by atoms with E-state index in [1.54, 1.807) is 41.5 Å². The normalized spacial score (nSPS) is 12.8. The Balaban J connectivity index is 1.77. The molecule has 0 aliphatic rings. The van der Waals surface area contributed by atoms with Gasteiger partial charge in [-0.25, -0.2) is 8.96 Å². The molecule has 3 rings (SSSR count). The number of aromatic nitrogens is 1. The van der Waals surface area contributed by atoms with Crippen LogP contribution in [-0.4, -0.2) is 15.8 Å². The first-order valence-electron chi connectivity index (χ1n) is 12.6. The summed E-state index contributed by atoms with van der Waals surface area (Å²) in [6, 6.07) is 10.7. The van der Waals surface area contributed by atoms with Crippen LogP contribution in [0.2, 0.25) is 0 Å². The third kappa shape index (κ3) is 10.3. The number of benzene rings is 2. The molecule has 224 valence electrons. The first-order chi connectivity index (χ1) is 18.8. The lowest BCUT2D eigenvalue weighted by molar-refractivity contribution is -0.137. The largest absolute Gasteiger partial charge is 0.477 e. The number of hydrogen-bond acceptors (Lipinski definition) is 7. The molecule has 0 atom stereocenters. The van der Waals surface area contributed by atoms with Crippen molar-refractivity contribution in [2.24, 2.45) is 0 Å². The van der Waals surface area contributed by atoms with E-state index < -0.39 is 48.9 Å². The number of ether oxygens (including phenoxy) is 1. The van der Waals surface area contributed by atoms with E-state index in [4.69, 9.17) is 18.3 Å². The number of rotatable bonds is 10. The van der Waals surface area contributed by atoms with Gasteiger partial charge in [0.1, 0.15) is 24.0 Å². The molecular weight excluding hydrogens is 567 g/mol. The zero-order valence-electron chi connectivity index (χ0n) is 23.5. The van der Waals surface area contributed by atoms with Gasteiger partial charge in [-0.05, 0) is 90.1 Å². The summed E-state index contributed by atoms with van der Waals surface area (Å²) < 4.78 is 89.9. The van der Waals surface area contributed by atoms with Crippen molar-refractivity contribution in [2.45, 2.75) is 72.2 Å². The van der Waals surface area contributed by atoms with E-state index in [0.29, 0.717) is 5.69 Å². The average molecular weight is 601 g/mol. The van der Waals surface area contributed by atoms with Gasteiger partial charge in [0, 0.05) is 30.1 Å². The highest BCUT2D eigenvalue weighted by molar-refractivity contribution is 7.48. The molecule has 0 aliphatic heterocycles. The van der Waals surface area contributed by atoms with Crippen molar-refractivity contribution in [3.8, 4) is 11.5 Å². The quantitative estimate of drug-likeness (QED) is 0.186. The molecule has 0 radical (unpaired) electrons. The molecular formula is C28H33F4N2O6P. The van der Waals surface area contributed by atoms with Gasteiger partial charge in [0.2, 0.25) is 0 Å². The number of phosphoric ester groups is 1.